The lowest BCUT2D eigenvalue weighted by Crippen LogP contribution is -2.56. The molecule has 2 amide bonds. The SMILES string of the molecule is O=C(CC(F)(F)F)N1CCN(C(=O)CC23CC4CC(CC(Br)(C4)C2)C3)CC1. The molecule has 5 rings (SSSR count). The Labute approximate surface area is 165 Å². The molecular weight excluding hydrogens is 425 g/mol. The van der Waals surface area contributed by atoms with Gasteiger partial charge in [-0.25, -0.2) is 0 Å². The summed E-state index contributed by atoms with van der Waals surface area (Å²) in [5.74, 6) is 0.651. The third-order valence-corrected chi connectivity index (χ3v) is 7.90. The molecular formula is C19H26BrF3N2O2. The first-order chi connectivity index (χ1) is 12.5. The van der Waals surface area contributed by atoms with Crippen LogP contribution in [0, 0.1) is 17.3 Å². The molecule has 4 saturated carbocycles. The zero-order valence-electron chi connectivity index (χ0n) is 15.4. The monoisotopic (exact) mass is 450 g/mol. The number of amides is 2. The second-order valence-electron chi connectivity index (χ2n) is 9.34. The van der Waals surface area contributed by atoms with Crippen LogP contribution in [0.15, 0.2) is 0 Å². The standard InChI is InChI=1S/C19H26BrF3N2O2/c20-18-8-13-5-14(9-18)7-17(6-13,12-18)10-15(26)24-1-3-25(4-2-24)16(27)11-19(21,22)23/h13-14H,1-12H2. The maximum Gasteiger partial charge on any atom is 0.397 e. The highest BCUT2D eigenvalue weighted by molar-refractivity contribution is 9.10. The average Bonchev–Trinajstić information content (AvgIpc) is 2.50. The summed E-state index contributed by atoms with van der Waals surface area (Å²) in [7, 11) is 0. The van der Waals surface area contributed by atoms with Crippen molar-refractivity contribution < 1.29 is 22.8 Å². The molecule has 0 aromatic heterocycles. The van der Waals surface area contributed by atoms with E-state index in [1.165, 1.54) is 24.2 Å². The van der Waals surface area contributed by atoms with Gasteiger partial charge in [0.2, 0.25) is 11.8 Å². The molecule has 152 valence electrons. The minimum atomic E-state index is -4.48. The maximum atomic E-state index is 12.9. The van der Waals surface area contributed by atoms with Crippen LogP contribution in [0.3, 0.4) is 0 Å². The molecule has 1 aliphatic heterocycles. The number of hydrogen-bond donors (Lipinski definition) is 0. The number of nitrogens with zero attached hydrogens (tertiary/aromatic N) is 2. The van der Waals surface area contributed by atoms with E-state index in [1.807, 2.05) is 0 Å². The van der Waals surface area contributed by atoms with Crippen molar-refractivity contribution in [3.63, 3.8) is 0 Å². The number of rotatable bonds is 3. The van der Waals surface area contributed by atoms with Gasteiger partial charge in [-0.3, -0.25) is 9.59 Å². The van der Waals surface area contributed by atoms with Gasteiger partial charge in [0.25, 0.3) is 0 Å². The van der Waals surface area contributed by atoms with Gasteiger partial charge in [-0.1, -0.05) is 15.9 Å². The van der Waals surface area contributed by atoms with Crippen molar-refractivity contribution in [2.45, 2.75) is 61.9 Å². The number of carbonyl (C=O) groups is 2. The minimum Gasteiger partial charge on any atom is -0.339 e. The first-order valence-corrected chi connectivity index (χ1v) is 10.7. The van der Waals surface area contributed by atoms with Crippen molar-refractivity contribution in [2.75, 3.05) is 26.2 Å². The summed E-state index contributed by atoms with van der Waals surface area (Å²) in [6, 6.07) is 0. The molecule has 2 atom stereocenters. The Hall–Kier alpha value is -0.790. The van der Waals surface area contributed by atoms with E-state index in [0.29, 0.717) is 19.5 Å². The van der Waals surface area contributed by atoms with Gasteiger partial charge in [-0.05, 0) is 55.8 Å². The molecule has 0 radical (unpaired) electrons. The Balaban J connectivity index is 1.32. The highest BCUT2D eigenvalue weighted by Gasteiger charge is 2.57. The van der Waals surface area contributed by atoms with Crippen LogP contribution in [0.2, 0.25) is 0 Å². The summed E-state index contributed by atoms with van der Waals surface area (Å²) in [4.78, 5) is 27.6. The van der Waals surface area contributed by atoms with Crippen molar-refractivity contribution in [1.29, 1.82) is 0 Å². The molecule has 2 unspecified atom stereocenters. The van der Waals surface area contributed by atoms with Crippen LogP contribution in [0.1, 0.15) is 51.4 Å². The van der Waals surface area contributed by atoms with E-state index in [-0.39, 0.29) is 28.7 Å². The largest absolute Gasteiger partial charge is 0.397 e. The normalized spacial score (nSPS) is 38.4. The third-order valence-electron chi connectivity index (χ3n) is 6.97. The summed E-state index contributed by atoms with van der Waals surface area (Å²) >= 11 is 3.97. The Kier molecular flexibility index (Phi) is 4.79. The number of piperazine rings is 1. The molecule has 4 bridgehead atoms. The molecule has 0 N–H and O–H groups in total. The van der Waals surface area contributed by atoms with Crippen molar-refractivity contribution in [2.24, 2.45) is 17.3 Å². The van der Waals surface area contributed by atoms with E-state index < -0.39 is 18.5 Å². The summed E-state index contributed by atoms with van der Waals surface area (Å²) in [6.07, 6.45) is 1.71. The van der Waals surface area contributed by atoms with Gasteiger partial charge in [0, 0.05) is 36.9 Å². The van der Waals surface area contributed by atoms with Gasteiger partial charge >= 0.3 is 6.18 Å². The summed E-state index contributed by atoms with van der Waals surface area (Å²) in [6.45, 7) is 1.07. The van der Waals surface area contributed by atoms with E-state index in [9.17, 15) is 22.8 Å². The fourth-order valence-electron chi connectivity index (χ4n) is 6.46. The van der Waals surface area contributed by atoms with E-state index in [0.717, 1.165) is 31.1 Å². The second kappa shape index (κ2) is 6.63. The molecule has 5 aliphatic rings. The quantitative estimate of drug-likeness (QED) is 0.614. The molecule has 1 heterocycles. The van der Waals surface area contributed by atoms with Gasteiger partial charge in [-0.2, -0.15) is 13.2 Å². The van der Waals surface area contributed by atoms with Crippen LogP contribution in [-0.2, 0) is 9.59 Å². The lowest BCUT2D eigenvalue weighted by Gasteiger charge is -2.60. The fourth-order valence-corrected chi connectivity index (χ4v) is 7.97. The van der Waals surface area contributed by atoms with Gasteiger partial charge < -0.3 is 9.80 Å². The summed E-state index contributed by atoms with van der Waals surface area (Å²) in [5.41, 5.74) is 0.0912. The van der Waals surface area contributed by atoms with Crippen molar-refractivity contribution in [3.05, 3.63) is 0 Å². The first kappa shape index (κ1) is 19.5. The van der Waals surface area contributed by atoms with Gasteiger partial charge in [0.1, 0.15) is 6.42 Å². The Bertz CT molecular complexity index is 617. The highest BCUT2D eigenvalue weighted by Crippen LogP contribution is 2.65. The molecule has 1 saturated heterocycles. The predicted octanol–water partition coefficient (Wildman–Crippen LogP) is 3.73. The lowest BCUT2D eigenvalue weighted by molar-refractivity contribution is -0.164. The maximum absolute atomic E-state index is 12.9. The molecule has 0 aromatic carbocycles. The number of carbonyl (C=O) groups excluding carboxylic acids is 2. The van der Waals surface area contributed by atoms with Gasteiger partial charge in [0.15, 0.2) is 0 Å². The van der Waals surface area contributed by atoms with Crippen LogP contribution in [0.5, 0.6) is 0 Å². The minimum absolute atomic E-state index is 0.0912. The molecule has 4 nitrogen and oxygen atoms in total. The molecule has 0 spiro atoms. The summed E-state index contributed by atoms with van der Waals surface area (Å²) < 4.78 is 37.4. The van der Waals surface area contributed by atoms with E-state index in [2.05, 4.69) is 15.9 Å². The number of hydrogen-bond acceptors (Lipinski definition) is 2. The van der Waals surface area contributed by atoms with Crippen LogP contribution in [-0.4, -0.2) is 58.3 Å². The molecule has 27 heavy (non-hydrogen) atoms. The molecule has 4 aliphatic carbocycles. The van der Waals surface area contributed by atoms with E-state index in [4.69, 9.17) is 0 Å². The highest BCUT2D eigenvalue weighted by atomic mass is 79.9. The second-order valence-corrected chi connectivity index (χ2v) is 11.0. The first-order valence-electron chi connectivity index (χ1n) is 9.86. The van der Waals surface area contributed by atoms with Crippen LogP contribution in [0.4, 0.5) is 13.2 Å². The third kappa shape index (κ3) is 4.15. The Morgan fingerprint density at radius 3 is 1.93 bits per heavy atom. The fraction of sp³-hybridized carbons (Fsp3) is 0.895. The zero-order valence-corrected chi connectivity index (χ0v) is 16.9. The van der Waals surface area contributed by atoms with Crippen molar-refractivity contribution in [3.8, 4) is 0 Å². The number of halogens is 4. The van der Waals surface area contributed by atoms with Gasteiger partial charge in [-0.15, -0.1) is 0 Å². The van der Waals surface area contributed by atoms with Crippen molar-refractivity contribution in [1.82, 2.24) is 9.80 Å². The van der Waals surface area contributed by atoms with Crippen LogP contribution < -0.4 is 0 Å². The molecule has 5 fully saturated rings. The van der Waals surface area contributed by atoms with E-state index >= 15 is 0 Å². The van der Waals surface area contributed by atoms with Crippen molar-refractivity contribution >= 4 is 27.7 Å². The Morgan fingerprint density at radius 2 is 1.44 bits per heavy atom. The molecule has 8 heteroatoms. The zero-order chi connectivity index (χ0) is 19.4. The predicted molar refractivity (Wildman–Crippen MR) is 97.2 cm³/mol. The van der Waals surface area contributed by atoms with Crippen LogP contribution in [0.25, 0.3) is 0 Å². The summed E-state index contributed by atoms with van der Waals surface area (Å²) in [5, 5.41) is 0. The van der Waals surface area contributed by atoms with Gasteiger partial charge in [0.05, 0.1) is 0 Å². The number of alkyl halides is 4. The average molecular weight is 451 g/mol. The Morgan fingerprint density at radius 1 is 0.926 bits per heavy atom. The topological polar surface area (TPSA) is 40.6 Å². The van der Waals surface area contributed by atoms with E-state index in [1.54, 1.807) is 4.90 Å². The van der Waals surface area contributed by atoms with Crippen LogP contribution >= 0.6 is 15.9 Å². The lowest BCUT2D eigenvalue weighted by atomic mass is 9.48. The smallest absolute Gasteiger partial charge is 0.339 e. The molecule has 0 aromatic rings.